The summed E-state index contributed by atoms with van der Waals surface area (Å²) in [5.74, 6) is 0.635. The number of anilines is 1. The van der Waals surface area contributed by atoms with Crippen molar-refractivity contribution >= 4 is 17.5 Å². The summed E-state index contributed by atoms with van der Waals surface area (Å²) in [7, 11) is 1.75. The molecule has 1 atom stereocenters. The second kappa shape index (κ2) is 7.59. The van der Waals surface area contributed by atoms with Crippen LogP contribution in [-0.2, 0) is 17.8 Å². The van der Waals surface area contributed by atoms with Gasteiger partial charge >= 0.3 is 0 Å². The van der Waals surface area contributed by atoms with Crippen LogP contribution in [0.15, 0.2) is 59.5 Å². The van der Waals surface area contributed by atoms with Crippen molar-refractivity contribution in [3.63, 3.8) is 0 Å². The maximum Gasteiger partial charge on any atom is 0.291 e. The number of likely N-dealkylation sites (N-methyl/N-ethyl adjacent to an activating group) is 1. The highest BCUT2D eigenvalue weighted by Gasteiger charge is 2.25. The van der Waals surface area contributed by atoms with Crippen LogP contribution in [0.2, 0.25) is 0 Å². The van der Waals surface area contributed by atoms with Gasteiger partial charge in [-0.3, -0.25) is 14.3 Å². The quantitative estimate of drug-likeness (QED) is 0.708. The summed E-state index contributed by atoms with van der Waals surface area (Å²) >= 11 is 0. The van der Waals surface area contributed by atoms with Crippen molar-refractivity contribution in [3.8, 4) is 5.75 Å². The van der Waals surface area contributed by atoms with Gasteiger partial charge in [-0.15, -0.1) is 0 Å². The lowest BCUT2D eigenvalue weighted by Gasteiger charge is -2.21. The zero-order chi connectivity index (χ0) is 19.5. The summed E-state index contributed by atoms with van der Waals surface area (Å²) in [6.07, 6.45) is 5.27. The lowest BCUT2D eigenvalue weighted by molar-refractivity contribution is -0.131. The summed E-state index contributed by atoms with van der Waals surface area (Å²) < 4.78 is 12.4. The summed E-state index contributed by atoms with van der Waals surface area (Å²) in [6.45, 7) is 0.573. The Balaban J connectivity index is 1.29. The predicted octanol–water partition coefficient (Wildman–Crippen LogP) is 2.19. The standard InChI is InChI=1S/C20H20N4O4/c1-23(12-16-9-14-5-2-3-6-17(14)28-16)19(25)13-24-11-15(10-21-24)22-20(26)18-7-4-8-27-18/h2-8,10-11,16H,9,12-13H2,1H3,(H,22,26)/t16-/m0/s1. The van der Waals surface area contributed by atoms with Crippen LogP contribution >= 0.6 is 0 Å². The lowest BCUT2D eigenvalue weighted by atomic mass is 10.1. The molecule has 0 unspecified atom stereocenters. The smallest absolute Gasteiger partial charge is 0.291 e. The number of para-hydroxylation sites is 1. The molecular formula is C20H20N4O4. The molecule has 2 amide bonds. The fraction of sp³-hybridized carbons (Fsp3) is 0.250. The van der Waals surface area contributed by atoms with E-state index in [-0.39, 0.29) is 30.2 Å². The SMILES string of the molecule is CN(C[C@@H]1Cc2ccccc2O1)C(=O)Cn1cc(NC(=O)c2ccco2)cn1. The van der Waals surface area contributed by atoms with Crippen LogP contribution in [0.1, 0.15) is 16.1 Å². The Labute approximate surface area is 161 Å². The van der Waals surface area contributed by atoms with Crippen LogP contribution < -0.4 is 10.1 Å². The van der Waals surface area contributed by atoms with Crippen molar-refractivity contribution in [2.45, 2.75) is 19.1 Å². The molecule has 144 valence electrons. The number of nitrogens with one attached hydrogen (secondary N) is 1. The van der Waals surface area contributed by atoms with Crippen molar-refractivity contribution in [2.24, 2.45) is 0 Å². The third-order valence-electron chi connectivity index (χ3n) is 4.55. The van der Waals surface area contributed by atoms with Gasteiger partial charge in [0.15, 0.2) is 5.76 Å². The number of amides is 2. The van der Waals surface area contributed by atoms with Gasteiger partial charge in [0.2, 0.25) is 5.91 Å². The van der Waals surface area contributed by atoms with Gasteiger partial charge in [0, 0.05) is 19.7 Å². The minimum Gasteiger partial charge on any atom is -0.488 e. The highest BCUT2D eigenvalue weighted by molar-refractivity contribution is 6.02. The molecule has 3 aromatic rings. The molecule has 2 aromatic heterocycles. The van der Waals surface area contributed by atoms with E-state index in [0.717, 1.165) is 17.7 Å². The monoisotopic (exact) mass is 380 g/mol. The molecule has 3 heterocycles. The second-order valence-corrected chi connectivity index (χ2v) is 6.68. The van der Waals surface area contributed by atoms with Crippen molar-refractivity contribution < 1.29 is 18.7 Å². The van der Waals surface area contributed by atoms with E-state index in [9.17, 15) is 9.59 Å². The molecule has 1 aliphatic rings. The Morgan fingerprint density at radius 1 is 1.29 bits per heavy atom. The molecule has 1 aliphatic heterocycles. The first-order valence-electron chi connectivity index (χ1n) is 8.94. The number of benzene rings is 1. The van der Waals surface area contributed by atoms with Crippen LogP contribution in [0.5, 0.6) is 5.75 Å². The topological polar surface area (TPSA) is 89.6 Å². The average molecular weight is 380 g/mol. The Kier molecular flexibility index (Phi) is 4.84. The minimum atomic E-state index is -0.369. The Bertz CT molecular complexity index is 955. The number of ether oxygens (including phenoxy) is 1. The Morgan fingerprint density at radius 3 is 2.93 bits per heavy atom. The maximum atomic E-state index is 12.5. The summed E-state index contributed by atoms with van der Waals surface area (Å²) in [5, 5.41) is 6.80. The van der Waals surface area contributed by atoms with E-state index >= 15 is 0 Å². The molecule has 28 heavy (non-hydrogen) atoms. The van der Waals surface area contributed by atoms with Crippen LogP contribution in [0.3, 0.4) is 0 Å². The van der Waals surface area contributed by atoms with E-state index in [4.69, 9.17) is 9.15 Å². The predicted molar refractivity (Wildman–Crippen MR) is 101 cm³/mol. The van der Waals surface area contributed by atoms with Crippen LogP contribution in [0, 0.1) is 0 Å². The van der Waals surface area contributed by atoms with E-state index in [0.29, 0.717) is 12.2 Å². The van der Waals surface area contributed by atoms with Gasteiger partial charge in [-0.1, -0.05) is 18.2 Å². The van der Waals surface area contributed by atoms with E-state index in [1.54, 1.807) is 30.3 Å². The molecular weight excluding hydrogens is 360 g/mol. The fourth-order valence-corrected chi connectivity index (χ4v) is 3.14. The van der Waals surface area contributed by atoms with E-state index in [1.165, 1.54) is 17.1 Å². The lowest BCUT2D eigenvalue weighted by Crippen LogP contribution is -2.38. The van der Waals surface area contributed by atoms with E-state index in [1.807, 2.05) is 24.3 Å². The van der Waals surface area contributed by atoms with Crippen molar-refractivity contribution in [1.29, 1.82) is 0 Å². The third-order valence-corrected chi connectivity index (χ3v) is 4.55. The van der Waals surface area contributed by atoms with Gasteiger partial charge in [-0.05, 0) is 23.8 Å². The first-order chi connectivity index (χ1) is 13.6. The van der Waals surface area contributed by atoms with E-state index in [2.05, 4.69) is 10.4 Å². The molecule has 0 bridgehead atoms. The number of carbonyl (C=O) groups excluding carboxylic acids is 2. The fourth-order valence-electron chi connectivity index (χ4n) is 3.14. The van der Waals surface area contributed by atoms with Crippen LogP contribution in [-0.4, -0.2) is 46.2 Å². The number of aromatic nitrogens is 2. The third kappa shape index (κ3) is 3.90. The number of hydrogen-bond acceptors (Lipinski definition) is 5. The van der Waals surface area contributed by atoms with Crippen molar-refractivity contribution in [1.82, 2.24) is 14.7 Å². The molecule has 1 N–H and O–H groups in total. The van der Waals surface area contributed by atoms with Gasteiger partial charge in [0.1, 0.15) is 18.4 Å². The molecule has 0 saturated carbocycles. The molecule has 0 spiro atoms. The number of fused-ring (bicyclic) bond motifs is 1. The number of carbonyl (C=O) groups is 2. The maximum absolute atomic E-state index is 12.5. The van der Waals surface area contributed by atoms with E-state index < -0.39 is 0 Å². The van der Waals surface area contributed by atoms with Gasteiger partial charge in [-0.2, -0.15) is 5.10 Å². The average Bonchev–Trinajstić information content (AvgIpc) is 3.42. The highest BCUT2D eigenvalue weighted by atomic mass is 16.5. The van der Waals surface area contributed by atoms with Gasteiger partial charge in [-0.25, -0.2) is 0 Å². The molecule has 4 rings (SSSR count). The number of rotatable bonds is 6. The zero-order valence-corrected chi connectivity index (χ0v) is 15.4. The Hall–Kier alpha value is -3.55. The summed E-state index contributed by atoms with van der Waals surface area (Å²) in [4.78, 5) is 26.1. The highest BCUT2D eigenvalue weighted by Crippen LogP contribution is 2.28. The Morgan fingerprint density at radius 2 is 2.14 bits per heavy atom. The molecule has 0 radical (unpaired) electrons. The first kappa shape index (κ1) is 17.8. The van der Waals surface area contributed by atoms with Crippen molar-refractivity contribution in [3.05, 3.63) is 66.4 Å². The minimum absolute atomic E-state index is 0.0490. The summed E-state index contributed by atoms with van der Waals surface area (Å²) in [5.41, 5.74) is 1.66. The zero-order valence-electron chi connectivity index (χ0n) is 15.4. The molecule has 0 saturated heterocycles. The summed E-state index contributed by atoms with van der Waals surface area (Å²) in [6, 6.07) is 11.1. The number of furan rings is 1. The number of nitrogens with zero attached hydrogens (tertiary/aromatic N) is 3. The second-order valence-electron chi connectivity index (χ2n) is 6.68. The normalized spacial score (nSPS) is 15.0. The molecule has 0 fully saturated rings. The van der Waals surface area contributed by atoms with Crippen molar-refractivity contribution in [2.75, 3.05) is 18.9 Å². The largest absolute Gasteiger partial charge is 0.488 e. The molecule has 1 aromatic carbocycles. The molecule has 0 aliphatic carbocycles. The van der Waals surface area contributed by atoms with Crippen LogP contribution in [0.4, 0.5) is 5.69 Å². The van der Waals surface area contributed by atoms with Gasteiger partial charge in [0.05, 0.1) is 24.7 Å². The number of hydrogen-bond donors (Lipinski definition) is 1. The molecule has 8 heteroatoms. The first-order valence-corrected chi connectivity index (χ1v) is 8.94. The van der Waals surface area contributed by atoms with Gasteiger partial charge in [0.25, 0.3) is 5.91 Å². The molecule has 8 nitrogen and oxygen atoms in total. The van der Waals surface area contributed by atoms with Crippen LogP contribution in [0.25, 0.3) is 0 Å². The van der Waals surface area contributed by atoms with Gasteiger partial charge < -0.3 is 19.4 Å².